The van der Waals surface area contributed by atoms with Crippen molar-refractivity contribution in [3.8, 4) is 5.75 Å². The second-order valence-electron chi connectivity index (χ2n) is 5.89. The van der Waals surface area contributed by atoms with Gasteiger partial charge in [0.15, 0.2) is 10.9 Å². The van der Waals surface area contributed by atoms with Crippen LogP contribution in [0.25, 0.3) is 0 Å². The van der Waals surface area contributed by atoms with E-state index in [0.29, 0.717) is 5.13 Å². The fraction of sp³-hybridized carbons (Fsp3) is 0.438. The topological polar surface area (TPSA) is 64.1 Å². The van der Waals surface area contributed by atoms with Crippen molar-refractivity contribution in [3.05, 3.63) is 29.8 Å². The number of carbonyl (C=O) groups excluding carboxylic acids is 1. The molecular weight excluding hydrogens is 330 g/mol. The molecule has 0 spiro atoms. The summed E-state index contributed by atoms with van der Waals surface area (Å²) in [5.74, 6) is 1.42. The van der Waals surface area contributed by atoms with Gasteiger partial charge in [-0.25, -0.2) is 0 Å². The Bertz CT molecular complexity index is 665. The largest absolute Gasteiger partial charge is 0.483 e. The van der Waals surface area contributed by atoms with Gasteiger partial charge in [0, 0.05) is 0 Å². The minimum atomic E-state index is -0.238. The number of anilines is 1. The molecule has 1 heterocycles. The first-order valence-corrected chi connectivity index (χ1v) is 9.19. The van der Waals surface area contributed by atoms with Crippen LogP contribution in [-0.2, 0) is 10.2 Å². The zero-order valence-corrected chi connectivity index (χ0v) is 15.4. The number of aromatic nitrogens is 2. The molecule has 1 amide bonds. The molecule has 7 heteroatoms. The summed E-state index contributed by atoms with van der Waals surface area (Å²) in [5, 5.41) is 11.2. The molecule has 0 unspecified atom stereocenters. The quantitative estimate of drug-likeness (QED) is 0.630. The fourth-order valence-corrected chi connectivity index (χ4v) is 3.62. The number of amides is 1. The molecule has 23 heavy (non-hydrogen) atoms. The average molecular weight is 351 g/mol. The molecule has 0 saturated carbocycles. The van der Waals surface area contributed by atoms with E-state index in [4.69, 9.17) is 4.74 Å². The number of benzene rings is 1. The molecule has 0 atom stereocenters. The van der Waals surface area contributed by atoms with Crippen molar-refractivity contribution in [1.82, 2.24) is 10.2 Å². The first-order chi connectivity index (χ1) is 10.9. The lowest BCUT2D eigenvalue weighted by atomic mass is 9.86. The molecule has 2 aromatic rings. The van der Waals surface area contributed by atoms with E-state index in [9.17, 15) is 4.79 Å². The van der Waals surface area contributed by atoms with Gasteiger partial charge < -0.3 is 4.74 Å². The van der Waals surface area contributed by atoms with Crippen molar-refractivity contribution in [2.45, 2.75) is 37.4 Å². The van der Waals surface area contributed by atoms with Gasteiger partial charge in [0.25, 0.3) is 5.91 Å². The van der Waals surface area contributed by atoms with Crippen LogP contribution in [0, 0.1) is 0 Å². The second kappa shape index (κ2) is 7.79. The first-order valence-electron chi connectivity index (χ1n) is 7.38. The van der Waals surface area contributed by atoms with Gasteiger partial charge in [-0.2, -0.15) is 0 Å². The number of rotatable bonds is 6. The van der Waals surface area contributed by atoms with Gasteiger partial charge in [0.05, 0.1) is 0 Å². The van der Waals surface area contributed by atoms with Crippen molar-refractivity contribution < 1.29 is 9.53 Å². The maximum atomic E-state index is 12.0. The summed E-state index contributed by atoms with van der Waals surface area (Å²) >= 11 is 2.97. The second-order valence-corrected chi connectivity index (χ2v) is 8.38. The predicted octanol–water partition coefficient (Wildman–Crippen LogP) is 3.97. The summed E-state index contributed by atoms with van der Waals surface area (Å²) in [6.07, 6.45) is 0. The van der Waals surface area contributed by atoms with Gasteiger partial charge in [0.2, 0.25) is 5.13 Å². The Kier molecular flexibility index (Phi) is 6.01. The van der Waals surface area contributed by atoms with Crippen molar-refractivity contribution in [1.29, 1.82) is 0 Å². The van der Waals surface area contributed by atoms with Crippen LogP contribution in [0.5, 0.6) is 5.75 Å². The lowest BCUT2D eigenvalue weighted by Gasteiger charge is -2.22. The van der Waals surface area contributed by atoms with Gasteiger partial charge >= 0.3 is 0 Å². The van der Waals surface area contributed by atoms with Crippen LogP contribution in [0.3, 0.4) is 0 Å². The minimum Gasteiger partial charge on any atom is -0.483 e. The molecule has 2 rings (SSSR count). The third-order valence-corrected chi connectivity index (χ3v) is 4.83. The van der Waals surface area contributed by atoms with Crippen LogP contribution in [-0.4, -0.2) is 28.5 Å². The summed E-state index contributed by atoms with van der Waals surface area (Å²) < 4.78 is 6.54. The SMILES string of the molecule is CCSc1nnc(NC(=O)COc2ccccc2C(C)(C)C)s1. The number of nitrogens with one attached hydrogen (secondary N) is 1. The normalized spacial score (nSPS) is 11.3. The fourth-order valence-electron chi connectivity index (χ4n) is 1.95. The highest BCUT2D eigenvalue weighted by molar-refractivity contribution is 8.01. The molecular formula is C16H21N3O2S2. The lowest BCUT2D eigenvalue weighted by molar-refractivity contribution is -0.118. The number of nitrogens with zero attached hydrogens (tertiary/aromatic N) is 2. The first kappa shape index (κ1) is 17.7. The molecule has 0 fully saturated rings. The van der Waals surface area contributed by atoms with E-state index in [1.807, 2.05) is 31.2 Å². The monoisotopic (exact) mass is 351 g/mol. The van der Waals surface area contributed by atoms with Crippen LogP contribution in [0.15, 0.2) is 28.6 Å². The van der Waals surface area contributed by atoms with Gasteiger partial charge in [-0.05, 0) is 22.8 Å². The Balaban J connectivity index is 1.94. The van der Waals surface area contributed by atoms with Gasteiger partial charge in [-0.15, -0.1) is 10.2 Å². The third kappa shape index (κ3) is 5.21. The smallest absolute Gasteiger partial charge is 0.264 e. The Labute approximate surface area is 144 Å². The van der Waals surface area contributed by atoms with Crippen LogP contribution >= 0.6 is 23.1 Å². The highest BCUT2D eigenvalue weighted by atomic mass is 32.2. The predicted molar refractivity (Wildman–Crippen MR) is 95.6 cm³/mol. The summed E-state index contributed by atoms with van der Waals surface area (Å²) in [7, 11) is 0. The van der Waals surface area contributed by atoms with E-state index < -0.39 is 0 Å². The van der Waals surface area contributed by atoms with Crippen LogP contribution < -0.4 is 10.1 Å². The molecule has 0 radical (unpaired) electrons. The molecule has 124 valence electrons. The van der Waals surface area contributed by atoms with Crippen LogP contribution in [0.4, 0.5) is 5.13 Å². The molecule has 1 aromatic carbocycles. The van der Waals surface area contributed by atoms with Gasteiger partial charge in [0.1, 0.15) is 5.75 Å². The lowest BCUT2D eigenvalue weighted by Crippen LogP contribution is -2.21. The zero-order chi connectivity index (χ0) is 16.9. The van der Waals surface area contributed by atoms with Crippen molar-refractivity contribution in [2.24, 2.45) is 0 Å². The van der Waals surface area contributed by atoms with Gasteiger partial charge in [-0.1, -0.05) is 69.0 Å². The number of carbonyl (C=O) groups is 1. The van der Waals surface area contributed by atoms with E-state index in [1.54, 1.807) is 11.8 Å². The Hall–Kier alpha value is -1.60. The van der Waals surface area contributed by atoms with Crippen molar-refractivity contribution in [3.63, 3.8) is 0 Å². The summed E-state index contributed by atoms with van der Waals surface area (Å²) in [5.41, 5.74) is 1.03. The highest BCUT2D eigenvalue weighted by Crippen LogP contribution is 2.31. The molecule has 0 saturated heterocycles. The van der Waals surface area contributed by atoms with E-state index in [1.165, 1.54) is 11.3 Å². The van der Waals surface area contributed by atoms with E-state index in [2.05, 4.69) is 36.3 Å². The molecule has 0 aliphatic carbocycles. The molecule has 1 aromatic heterocycles. The number of para-hydroxylation sites is 1. The van der Waals surface area contributed by atoms with Crippen molar-refractivity contribution in [2.75, 3.05) is 17.7 Å². The standard InChI is InChI=1S/C16H21N3O2S2/c1-5-22-15-19-18-14(23-15)17-13(20)10-21-12-9-7-6-8-11(12)16(2,3)4/h6-9H,5,10H2,1-4H3,(H,17,18,20). The molecule has 0 aliphatic rings. The van der Waals surface area contributed by atoms with E-state index in [-0.39, 0.29) is 17.9 Å². The van der Waals surface area contributed by atoms with Crippen LogP contribution in [0.2, 0.25) is 0 Å². The number of hydrogen-bond acceptors (Lipinski definition) is 6. The van der Waals surface area contributed by atoms with E-state index in [0.717, 1.165) is 21.4 Å². The number of ether oxygens (including phenoxy) is 1. The summed E-state index contributed by atoms with van der Waals surface area (Å²) in [6, 6.07) is 7.78. The molecule has 0 bridgehead atoms. The van der Waals surface area contributed by atoms with E-state index >= 15 is 0 Å². The zero-order valence-electron chi connectivity index (χ0n) is 13.8. The Morgan fingerprint density at radius 2 is 2.04 bits per heavy atom. The third-order valence-electron chi connectivity index (χ3n) is 2.97. The Morgan fingerprint density at radius 3 is 2.74 bits per heavy atom. The average Bonchev–Trinajstić information content (AvgIpc) is 2.92. The number of hydrogen-bond donors (Lipinski definition) is 1. The van der Waals surface area contributed by atoms with Crippen molar-refractivity contribution >= 4 is 34.1 Å². The minimum absolute atomic E-state index is 0.0431. The molecule has 5 nitrogen and oxygen atoms in total. The summed E-state index contributed by atoms with van der Waals surface area (Å²) in [6.45, 7) is 8.34. The van der Waals surface area contributed by atoms with Gasteiger partial charge in [-0.3, -0.25) is 10.1 Å². The Morgan fingerprint density at radius 1 is 1.30 bits per heavy atom. The maximum Gasteiger partial charge on any atom is 0.264 e. The number of thioether (sulfide) groups is 1. The maximum absolute atomic E-state index is 12.0. The summed E-state index contributed by atoms with van der Waals surface area (Å²) in [4.78, 5) is 12.0. The highest BCUT2D eigenvalue weighted by Gasteiger charge is 2.19. The van der Waals surface area contributed by atoms with Crippen LogP contribution in [0.1, 0.15) is 33.3 Å². The molecule has 1 N–H and O–H groups in total. The molecule has 0 aliphatic heterocycles.